The van der Waals surface area contributed by atoms with Gasteiger partial charge in [0.1, 0.15) is 0 Å². The highest BCUT2D eigenvalue weighted by atomic mass is 16.4. The lowest BCUT2D eigenvalue weighted by molar-refractivity contribution is -0.142. The summed E-state index contributed by atoms with van der Waals surface area (Å²) in [7, 11) is 0. The zero-order chi connectivity index (χ0) is 8.69. The highest BCUT2D eigenvalue weighted by Gasteiger charge is 2.14. The van der Waals surface area contributed by atoms with Crippen molar-refractivity contribution in [1.82, 2.24) is 0 Å². The summed E-state index contributed by atoms with van der Waals surface area (Å²) in [5.41, 5.74) is 5.21. The van der Waals surface area contributed by atoms with Gasteiger partial charge in [-0.2, -0.15) is 0 Å². The lowest BCUT2D eigenvalue weighted by atomic mass is 10.0. The van der Waals surface area contributed by atoms with Gasteiger partial charge in [-0.15, -0.1) is 0 Å². The number of aliphatic hydroxyl groups excluding tert-OH is 1. The van der Waals surface area contributed by atoms with Crippen molar-refractivity contribution in [2.24, 2.45) is 11.7 Å². The molecule has 66 valence electrons. The summed E-state index contributed by atoms with van der Waals surface area (Å²) in [6.07, 6.45) is 1.55. The summed E-state index contributed by atoms with van der Waals surface area (Å²) in [6.45, 7) is 0.441. The molecule has 4 N–H and O–H groups in total. The number of aliphatic hydroxyl groups is 1. The number of nitrogens with two attached hydrogens (primary N) is 1. The average Bonchev–Trinajstić information content (AvgIpc) is 1.97. The molecule has 0 spiro atoms. The van der Waals surface area contributed by atoms with Crippen LogP contribution in [0.2, 0.25) is 0 Å². The standard InChI is InChI=1S/C7H15NO3/c8-4-3-6(7(10)11)2-1-5-9/h6,9H,1-5,8H2,(H,10,11). The van der Waals surface area contributed by atoms with E-state index in [-0.39, 0.29) is 12.5 Å². The predicted molar refractivity (Wildman–Crippen MR) is 41.1 cm³/mol. The quantitative estimate of drug-likeness (QED) is 0.504. The topological polar surface area (TPSA) is 83.5 Å². The summed E-state index contributed by atoms with van der Waals surface area (Å²) < 4.78 is 0. The molecule has 0 amide bonds. The molecule has 0 saturated heterocycles. The van der Waals surface area contributed by atoms with E-state index in [1.807, 2.05) is 0 Å². The number of rotatable bonds is 6. The van der Waals surface area contributed by atoms with Crippen molar-refractivity contribution in [3.63, 3.8) is 0 Å². The van der Waals surface area contributed by atoms with Gasteiger partial charge in [0.25, 0.3) is 0 Å². The van der Waals surface area contributed by atoms with Crippen LogP contribution >= 0.6 is 0 Å². The van der Waals surface area contributed by atoms with Crippen LogP contribution in [0.4, 0.5) is 0 Å². The van der Waals surface area contributed by atoms with Gasteiger partial charge < -0.3 is 15.9 Å². The van der Waals surface area contributed by atoms with Gasteiger partial charge >= 0.3 is 5.97 Å². The maximum Gasteiger partial charge on any atom is 0.306 e. The molecule has 4 nitrogen and oxygen atoms in total. The number of aliphatic carboxylic acids is 1. The van der Waals surface area contributed by atoms with E-state index in [0.29, 0.717) is 25.8 Å². The third kappa shape index (κ3) is 4.75. The first-order valence-corrected chi connectivity index (χ1v) is 3.76. The molecule has 0 saturated carbocycles. The Kier molecular flexibility index (Phi) is 5.78. The van der Waals surface area contributed by atoms with Gasteiger partial charge in [0.2, 0.25) is 0 Å². The minimum absolute atomic E-state index is 0.0500. The van der Waals surface area contributed by atoms with Gasteiger partial charge in [0, 0.05) is 6.61 Å². The molecule has 4 heteroatoms. The summed E-state index contributed by atoms with van der Waals surface area (Å²) in [4.78, 5) is 10.5. The second kappa shape index (κ2) is 6.12. The van der Waals surface area contributed by atoms with Crippen LogP contribution in [0.15, 0.2) is 0 Å². The second-order valence-corrected chi connectivity index (χ2v) is 2.48. The van der Waals surface area contributed by atoms with E-state index < -0.39 is 5.97 Å². The van der Waals surface area contributed by atoms with E-state index in [4.69, 9.17) is 15.9 Å². The third-order valence-corrected chi connectivity index (χ3v) is 1.58. The van der Waals surface area contributed by atoms with Gasteiger partial charge in [-0.1, -0.05) is 0 Å². The van der Waals surface area contributed by atoms with Gasteiger partial charge in [0.15, 0.2) is 0 Å². The van der Waals surface area contributed by atoms with Crippen LogP contribution in [0, 0.1) is 5.92 Å². The Labute approximate surface area is 66.0 Å². The second-order valence-electron chi connectivity index (χ2n) is 2.48. The van der Waals surface area contributed by atoms with E-state index in [9.17, 15) is 4.79 Å². The van der Waals surface area contributed by atoms with Crippen LogP contribution in [-0.2, 0) is 4.79 Å². The normalized spacial score (nSPS) is 12.9. The molecule has 0 rings (SSSR count). The molecule has 0 heterocycles. The molecule has 0 aliphatic carbocycles. The molecule has 0 fully saturated rings. The molecular formula is C7H15NO3. The van der Waals surface area contributed by atoms with Gasteiger partial charge in [-0.3, -0.25) is 4.79 Å². The zero-order valence-electron chi connectivity index (χ0n) is 6.49. The van der Waals surface area contributed by atoms with E-state index in [0.717, 1.165) is 0 Å². The molecule has 0 aliphatic heterocycles. The van der Waals surface area contributed by atoms with Gasteiger partial charge in [-0.25, -0.2) is 0 Å². The average molecular weight is 161 g/mol. The Balaban J connectivity index is 3.60. The van der Waals surface area contributed by atoms with Crippen LogP contribution in [0.25, 0.3) is 0 Å². The smallest absolute Gasteiger partial charge is 0.306 e. The van der Waals surface area contributed by atoms with E-state index in [1.165, 1.54) is 0 Å². The fourth-order valence-corrected chi connectivity index (χ4v) is 0.930. The monoisotopic (exact) mass is 161 g/mol. The largest absolute Gasteiger partial charge is 0.481 e. The summed E-state index contributed by atoms with van der Waals surface area (Å²) in [6, 6.07) is 0. The van der Waals surface area contributed by atoms with Crippen LogP contribution in [-0.4, -0.2) is 29.3 Å². The van der Waals surface area contributed by atoms with Crippen LogP contribution < -0.4 is 5.73 Å². The molecule has 11 heavy (non-hydrogen) atoms. The third-order valence-electron chi connectivity index (χ3n) is 1.58. The fraction of sp³-hybridized carbons (Fsp3) is 0.857. The first-order valence-electron chi connectivity index (χ1n) is 3.76. The maximum absolute atomic E-state index is 10.5. The van der Waals surface area contributed by atoms with E-state index in [1.54, 1.807) is 0 Å². The van der Waals surface area contributed by atoms with Crippen molar-refractivity contribution < 1.29 is 15.0 Å². The minimum atomic E-state index is -0.816. The molecule has 1 unspecified atom stereocenters. The van der Waals surface area contributed by atoms with Gasteiger partial charge in [0.05, 0.1) is 5.92 Å². The Morgan fingerprint density at radius 3 is 2.45 bits per heavy atom. The Bertz CT molecular complexity index is 116. The van der Waals surface area contributed by atoms with E-state index >= 15 is 0 Å². The lowest BCUT2D eigenvalue weighted by Gasteiger charge is -2.08. The minimum Gasteiger partial charge on any atom is -0.481 e. The molecule has 0 aromatic heterocycles. The van der Waals surface area contributed by atoms with Crippen molar-refractivity contribution in [3.05, 3.63) is 0 Å². The first kappa shape index (κ1) is 10.4. The Morgan fingerprint density at radius 2 is 2.09 bits per heavy atom. The Morgan fingerprint density at radius 1 is 1.45 bits per heavy atom. The number of carbonyl (C=O) groups is 1. The number of carboxylic acid groups (broad SMARTS) is 1. The van der Waals surface area contributed by atoms with Crippen molar-refractivity contribution >= 4 is 5.97 Å². The van der Waals surface area contributed by atoms with Crippen molar-refractivity contribution in [3.8, 4) is 0 Å². The zero-order valence-corrected chi connectivity index (χ0v) is 6.49. The lowest BCUT2D eigenvalue weighted by Crippen LogP contribution is -2.18. The molecule has 0 radical (unpaired) electrons. The van der Waals surface area contributed by atoms with Crippen molar-refractivity contribution in [2.75, 3.05) is 13.2 Å². The molecule has 1 atom stereocenters. The molecule has 0 aromatic rings. The number of carboxylic acids is 1. The fourth-order valence-electron chi connectivity index (χ4n) is 0.930. The Hall–Kier alpha value is -0.610. The van der Waals surface area contributed by atoms with Crippen molar-refractivity contribution in [2.45, 2.75) is 19.3 Å². The maximum atomic E-state index is 10.5. The first-order chi connectivity index (χ1) is 5.22. The van der Waals surface area contributed by atoms with Crippen molar-refractivity contribution in [1.29, 1.82) is 0 Å². The summed E-state index contributed by atoms with van der Waals surface area (Å²) in [5, 5.41) is 17.0. The molecule has 0 bridgehead atoms. The van der Waals surface area contributed by atoms with E-state index in [2.05, 4.69) is 0 Å². The molecule has 0 aromatic carbocycles. The summed E-state index contributed by atoms with van der Waals surface area (Å²) in [5.74, 6) is -1.20. The number of hydrogen-bond donors (Lipinski definition) is 3. The van der Waals surface area contributed by atoms with Crippen LogP contribution in [0.5, 0.6) is 0 Å². The van der Waals surface area contributed by atoms with Gasteiger partial charge in [-0.05, 0) is 25.8 Å². The van der Waals surface area contributed by atoms with Crippen LogP contribution in [0.1, 0.15) is 19.3 Å². The number of hydrogen-bond acceptors (Lipinski definition) is 3. The highest BCUT2D eigenvalue weighted by molar-refractivity contribution is 5.69. The molecular weight excluding hydrogens is 146 g/mol. The predicted octanol–water partition coefficient (Wildman–Crippen LogP) is -0.192. The summed E-state index contributed by atoms with van der Waals surface area (Å²) >= 11 is 0. The van der Waals surface area contributed by atoms with Crippen LogP contribution in [0.3, 0.4) is 0 Å². The highest BCUT2D eigenvalue weighted by Crippen LogP contribution is 2.09. The molecule has 0 aliphatic rings. The SMILES string of the molecule is NCCC(CCCO)C(=O)O.